The maximum atomic E-state index is 12.9. The zero-order valence-electron chi connectivity index (χ0n) is 48.9. The van der Waals surface area contributed by atoms with Crippen molar-refractivity contribution < 1.29 is 140 Å². The molecular formula is C56H76O29. The number of rotatable bonds is 36. The Bertz CT molecular complexity index is 2510. The van der Waals surface area contributed by atoms with Gasteiger partial charge in [0.05, 0.1) is 49.4 Å². The summed E-state index contributed by atoms with van der Waals surface area (Å²) in [4.78, 5) is 161. The monoisotopic (exact) mass is 1210 g/mol. The van der Waals surface area contributed by atoms with Crippen LogP contribution in [0.1, 0.15) is 107 Å². The van der Waals surface area contributed by atoms with E-state index in [1.54, 1.807) is 0 Å². The van der Waals surface area contributed by atoms with E-state index in [0.717, 1.165) is 0 Å². The van der Waals surface area contributed by atoms with Gasteiger partial charge < -0.3 is 72.5 Å². The highest BCUT2D eigenvalue weighted by atomic mass is 16.6. The highest BCUT2D eigenvalue weighted by Crippen LogP contribution is 2.28. The number of cyclic esters (lactones) is 2. The summed E-state index contributed by atoms with van der Waals surface area (Å²) in [6.45, 7) is 28.4. The summed E-state index contributed by atoms with van der Waals surface area (Å²) in [7, 11) is 0. The van der Waals surface area contributed by atoms with Gasteiger partial charge in [-0.05, 0) is 68.2 Å². The summed E-state index contributed by atoms with van der Waals surface area (Å²) in [5.41, 5.74) is -2.40. The Morgan fingerprint density at radius 2 is 0.671 bits per heavy atom. The third-order valence-electron chi connectivity index (χ3n) is 10.1. The molecule has 0 saturated carbocycles. The smallest absolute Gasteiger partial charge is 0.333 e. The second kappa shape index (κ2) is 39.6. The standard InChI is InChI=1S/C30H40O16.C22H32O10.C4H4O3/c1-17(2)26(37)41-13-20(45-24(35)10-8-22(31)32)15-43-28(39)19(5)12-30(6,7)29(40)44-16-21(14-42-27(38)18(3)4)46-25(36)11-9-23(33)34;1-13(2)18(25)29-9-16(23)11-31-20(27)15(5)8-22(6,7)21(28)32-12-17(24)10-30-19(26)14(3)4;5-3-1-2-4(6)7-3/h20-21H,1,3,5,8-16H2,2,4,6-7H3,(H,31,32)(H,33,34);16-17,23-24H,1,3,5,8-12H2,2,4,6-7H3;1-2H2. The SMILES string of the molecule is C=C(C)C(=O)OCC(COC(=O)C(=C)CC(C)(C)C(=O)OCC(COC(=O)C(=C)C)OC(=O)CCC(=O)O)OC(=O)CCC(=O)O.C=C(C)C(=O)OCC(O)COC(=O)C(=C)CC(C)(C)C(=O)OCC(O)COC(=O)C(=C)C.O=C1CCC(=O)O1. The second-order valence-electron chi connectivity index (χ2n) is 19.9. The zero-order chi connectivity index (χ0) is 65.9. The van der Waals surface area contributed by atoms with Crippen molar-refractivity contribution in [3.63, 3.8) is 0 Å². The maximum Gasteiger partial charge on any atom is 0.333 e. The van der Waals surface area contributed by atoms with Crippen molar-refractivity contribution in [1.29, 1.82) is 0 Å². The van der Waals surface area contributed by atoms with E-state index in [4.69, 9.17) is 57.6 Å². The number of aliphatic hydroxyl groups excluding tert-OH is 2. The minimum Gasteiger partial charge on any atom is -0.481 e. The van der Waals surface area contributed by atoms with E-state index in [9.17, 15) is 77.3 Å². The molecule has 85 heavy (non-hydrogen) atoms. The molecule has 474 valence electrons. The average molecular weight is 1210 g/mol. The highest BCUT2D eigenvalue weighted by molar-refractivity contribution is 5.93. The van der Waals surface area contributed by atoms with Crippen LogP contribution in [0.2, 0.25) is 0 Å². The Balaban J connectivity index is 0. The van der Waals surface area contributed by atoms with E-state index >= 15 is 0 Å². The van der Waals surface area contributed by atoms with Crippen molar-refractivity contribution in [2.75, 3.05) is 52.9 Å². The lowest BCUT2D eigenvalue weighted by molar-refractivity contribution is -0.170. The van der Waals surface area contributed by atoms with Crippen LogP contribution in [-0.2, 0) is 119 Å². The summed E-state index contributed by atoms with van der Waals surface area (Å²) in [6, 6.07) is 0. The van der Waals surface area contributed by atoms with Gasteiger partial charge in [-0.3, -0.25) is 38.4 Å². The molecule has 0 aromatic rings. The minimum atomic E-state index is -1.40. The lowest BCUT2D eigenvalue weighted by Gasteiger charge is -2.25. The van der Waals surface area contributed by atoms with Crippen LogP contribution in [0.25, 0.3) is 0 Å². The molecule has 1 saturated heterocycles. The van der Waals surface area contributed by atoms with Gasteiger partial charge in [0.1, 0.15) is 65.1 Å². The average Bonchev–Trinajstić information content (AvgIpc) is 3.92. The predicted molar refractivity (Wildman–Crippen MR) is 288 cm³/mol. The summed E-state index contributed by atoms with van der Waals surface area (Å²) in [6.07, 6.45) is -6.96. The minimum absolute atomic E-state index is 0.0472. The quantitative estimate of drug-likeness (QED) is 0.0303. The molecule has 0 spiro atoms. The Kier molecular flexibility index (Phi) is 36.4. The van der Waals surface area contributed by atoms with Gasteiger partial charge in [0, 0.05) is 33.4 Å². The van der Waals surface area contributed by atoms with Crippen molar-refractivity contribution in [1.82, 2.24) is 0 Å². The van der Waals surface area contributed by atoms with E-state index in [-0.39, 0.29) is 72.3 Å². The summed E-state index contributed by atoms with van der Waals surface area (Å²) >= 11 is 0. The van der Waals surface area contributed by atoms with Crippen molar-refractivity contribution >= 4 is 83.6 Å². The zero-order valence-corrected chi connectivity index (χ0v) is 48.9. The molecule has 1 aliphatic rings. The number of hydrogen-bond donors (Lipinski definition) is 4. The van der Waals surface area contributed by atoms with Crippen LogP contribution >= 0.6 is 0 Å². The van der Waals surface area contributed by atoms with E-state index in [1.165, 1.54) is 55.4 Å². The highest BCUT2D eigenvalue weighted by Gasteiger charge is 2.35. The fourth-order valence-electron chi connectivity index (χ4n) is 5.47. The first-order valence-electron chi connectivity index (χ1n) is 25.5. The third-order valence-corrected chi connectivity index (χ3v) is 10.1. The molecule has 29 nitrogen and oxygen atoms in total. The van der Waals surface area contributed by atoms with Gasteiger partial charge in [-0.25, -0.2) is 28.8 Å². The number of carboxylic acids is 2. The summed E-state index contributed by atoms with van der Waals surface area (Å²) < 4.78 is 53.9. The number of carbonyl (C=O) groups is 14. The third kappa shape index (κ3) is 37.1. The number of ether oxygens (including phenoxy) is 11. The fourth-order valence-corrected chi connectivity index (χ4v) is 5.47. The number of esters is 12. The van der Waals surface area contributed by atoms with Gasteiger partial charge >= 0.3 is 83.6 Å². The van der Waals surface area contributed by atoms with E-state index in [2.05, 4.69) is 44.2 Å². The molecule has 0 aromatic carbocycles. The van der Waals surface area contributed by atoms with Gasteiger partial charge in [0.2, 0.25) is 0 Å². The molecule has 4 unspecified atom stereocenters. The van der Waals surface area contributed by atoms with Gasteiger partial charge in [-0.15, -0.1) is 0 Å². The first-order chi connectivity index (χ1) is 39.2. The molecule has 0 aliphatic carbocycles. The molecule has 0 radical (unpaired) electrons. The number of hydrogen-bond acceptors (Lipinski definition) is 27. The molecule has 1 heterocycles. The van der Waals surface area contributed by atoms with Crippen LogP contribution in [0.4, 0.5) is 0 Å². The first-order valence-corrected chi connectivity index (χ1v) is 25.5. The topological polar surface area (TPSA) is 421 Å². The van der Waals surface area contributed by atoms with E-state index < -0.39 is 184 Å². The molecule has 0 bridgehead atoms. The number of aliphatic hydroxyl groups is 2. The fraction of sp³-hybridized carbons (Fsp3) is 0.536. The van der Waals surface area contributed by atoms with Crippen LogP contribution in [0.3, 0.4) is 0 Å². The number of aliphatic carboxylic acids is 2. The molecule has 1 aliphatic heterocycles. The number of carbonyl (C=O) groups excluding carboxylic acids is 12. The normalized spacial score (nSPS) is 12.9. The van der Waals surface area contributed by atoms with Gasteiger partial charge in [-0.1, -0.05) is 39.5 Å². The Morgan fingerprint density at radius 3 is 0.941 bits per heavy atom. The van der Waals surface area contributed by atoms with Gasteiger partial charge in [-0.2, -0.15) is 0 Å². The Labute approximate surface area is 489 Å². The molecule has 4 N–H and O–H groups in total. The second-order valence-corrected chi connectivity index (χ2v) is 19.9. The lowest BCUT2D eigenvalue weighted by Crippen LogP contribution is -2.35. The van der Waals surface area contributed by atoms with Gasteiger partial charge in [0.25, 0.3) is 0 Å². The summed E-state index contributed by atoms with van der Waals surface area (Å²) in [5.74, 6) is -11.6. The molecule has 0 amide bonds. The van der Waals surface area contributed by atoms with Crippen LogP contribution in [0.15, 0.2) is 72.9 Å². The number of carboxylic acid groups (broad SMARTS) is 2. The van der Waals surface area contributed by atoms with E-state index in [0.29, 0.717) is 0 Å². The first kappa shape index (κ1) is 78.2. The molecule has 29 heteroatoms. The van der Waals surface area contributed by atoms with Gasteiger partial charge in [0.15, 0.2) is 12.2 Å². The predicted octanol–water partition coefficient (Wildman–Crippen LogP) is 2.69. The van der Waals surface area contributed by atoms with Crippen LogP contribution in [0, 0.1) is 10.8 Å². The maximum absolute atomic E-state index is 12.9. The Hall–Kier alpha value is -8.86. The van der Waals surface area contributed by atoms with Crippen molar-refractivity contribution in [3.05, 3.63) is 72.9 Å². The molecule has 4 atom stereocenters. The lowest BCUT2D eigenvalue weighted by atomic mass is 9.86. The molecule has 1 fully saturated rings. The van der Waals surface area contributed by atoms with Crippen LogP contribution in [0.5, 0.6) is 0 Å². The summed E-state index contributed by atoms with van der Waals surface area (Å²) in [5, 5.41) is 37.0. The van der Waals surface area contributed by atoms with E-state index in [1.807, 2.05) is 0 Å². The largest absolute Gasteiger partial charge is 0.481 e. The van der Waals surface area contributed by atoms with Crippen molar-refractivity contribution in [3.8, 4) is 0 Å². The van der Waals surface area contributed by atoms with Crippen LogP contribution in [-0.4, -0.2) is 181 Å². The Morgan fingerprint density at radius 1 is 0.424 bits per heavy atom. The van der Waals surface area contributed by atoms with Crippen molar-refractivity contribution in [2.24, 2.45) is 10.8 Å². The molecule has 0 aromatic heterocycles. The van der Waals surface area contributed by atoms with Crippen molar-refractivity contribution in [2.45, 2.75) is 131 Å². The molecular weight excluding hydrogens is 1140 g/mol. The van der Waals surface area contributed by atoms with Crippen LogP contribution < -0.4 is 0 Å². The molecule has 1 rings (SSSR count).